The minimum Gasteiger partial charge on any atom is -0.741 e. The Morgan fingerprint density at radius 1 is 0.324 bits per heavy atom. The zero-order chi connectivity index (χ0) is 28.0. The van der Waals surface area contributed by atoms with Crippen molar-refractivity contribution in [2.75, 3.05) is 0 Å². The van der Waals surface area contributed by atoms with Crippen LogP contribution < -0.4 is 0 Å². The molecule has 0 unspecified atom stereocenters. The molecule has 0 N–H and O–H groups in total. The Morgan fingerprint density at radius 3 is 0.353 bits per heavy atom. The third-order valence-corrected chi connectivity index (χ3v) is 3.40. The molecule has 212 valence electrons. The first kappa shape index (κ1) is 47.1. The van der Waals surface area contributed by atoms with Gasteiger partial charge in [0.05, 0.1) is 0 Å². The van der Waals surface area contributed by atoms with E-state index in [9.17, 15) is 52.7 Å². The first-order valence-corrected chi connectivity index (χ1v) is 10.7. The summed E-state index contributed by atoms with van der Waals surface area (Å²) in [5.74, 6) is 0. The number of halogens is 12. The molecule has 0 amide bonds. The van der Waals surface area contributed by atoms with Gasteiger partial charge in [-0.05, 0) is 0 Å². The molecule has 0 atom stereocenters. The molecule has 0 aliphatic rings. The summed E-state index contributed by atoms with van der Waals surface area (Å²) in [7, 11) is -24.4. The minimum atomic E-state index is -6.09. The monoisotopic (exact) mass is 708 g/mol. The number of hydrogen-bond acceptors (Lipinski definition) is 12. The quantitative estimate of drug-likeness (QED) is 0.142. The summed E-state index contributed by atoms with van der Waals surface area (Å²) in [4.78, 5) is 0. The molecular weight excluding hydrogens is 708 g/mol. The SMILES string of the molecule is O=S(=O)([O-])C(F)(F)F.O=S(=O)([O-])C(F)(F)F.O=S(=O)([O-])C(F)(F)F.O=S(=O)([O-])C(F)(F)F.[Fe+2].[Fe+2]. The van der Waals surface area contributed by atoms with Crippen LogP contribution in [0.2, 0.25) is 0 Å². The molecule has 0 fully saturated rings. The first-order chi connectivity index (χ1) is 13.0. The molecule has 0 aromatic rings. The molecule has 0 bridgehead atoms. The Kier molecular flexibility index (Phi) is 20.1. The van der Waals surface area contributed by atoms with E-state index in [0.29, 0.717) is 0 Å². The second-order valence-corrected chi connectivity index (χ2v) is 9.08. The summed E-state index contributed by atoms with van der Waals surface area (Å²) >= 11 is 0. The standard InChI is InChI=1S/4CHF3O3S.2Fe/c4*2-1(3,4)8(5,6)7;;/h4*(H,5,6,7);;/q;;;;2*+2/p-4. The molecule has 0 aliphatic carbocycles. The van der Waals surface area contributed by atoms with Crippen molar-refractivity contribution < 1.29 is 139 Å². The van der Waals surface area contributed by atoms with Crippen LogP contribution >= 0.6 is 0 Å². The van der Waals surface area contributed by atoms with E-state index in [1.54, 1.807) is 0 Å². The normalized spacial score (nSPS) is 13.2. The fourth-order valence-corrected chi connectivity index (χ4v) is 0. The molecular formula is C4F12Fe2O12S4. The zero-order valence-electron chi connectivity index (χ0n) is 13.8. The summed E-state index contributed by atoms with van der Waals surface area (Å²) in [6, 6.07) is 0. The second-order valence-electron chi connectivity index (χ2n) is 3.60. The van der Waals surface area contributed by atoms with Gasteiger partial charge in [-0.2, -0.15) is 52.7 Å². The van der Waals surface area contributed by atoms with Crippen LogP contribution in [0.1, 0.15) is 0 Å². The van der Waals surface area contributed by atoms with Crippen molar-refractivity contribution in [3.8, 4) is 0 Å². The summed E-state index contributed by atoms with van der Waals surface area (Å²) < 4.78 is 236. The molecule has 0 spiro atoms. The average molecular weight is 708 g/mol. The molecule has 0 aliphatic heterocycles. The molecule has 34 heavy (non-hydrogen) atoms. The van der Waals surface area contributed by atoms with Gasteiger partial charge in [0.2, 0.25) is 0 Å². The van der Waals surface area contributed by atoms with Gasteiger partial charge in [-0.1, -0.05) is 0 Å². The predicted molar refractivity (Wildman–Crippen MR) is 63.0 cm³/mol. The Labute approximate surface area is 201 Å². The van der Waals surface area contributed by atoms with Crippen molar-refractivity contribution in [3.63, 3.8) is 0 Å². The van der Waals surface area contributed by atoms with Gasteiger partial charge in [0, 0.05) is 0 Å². The Morgan fingerprint density at radius 2 is 0.353 bits per heavy atom. The Bertz CT molecular complexity index is 833. The third-order valence-electron chi connectivity index (χ3n) is 1.13. The maximum absolute atomic E-state index is 10.7. The molecule has 0 saturated heterocycles. The fraction of sp³-hybridized carbons (Fsp3) is 1.00. The predicted octanol–water partition coefficient (Wildman–Crippen LogP) is 0.201. The van der Waals surface area contributed by atoms with Crippen molar-refractivity contribution in [2.24, 2.45) is 0 Å². The molecule has 0 rings (SSSR count). The van der Waals surface area contributed by atoms with Gasteiger partial charge < -0.3 is 18.2 Å². The van der Waals surface area contributed by atoms with Crippen molar-refractivity contribution in [1.82, 2.24) is 0 Å². The van der Waals surface area contributed by atoms with E-state index in [2.05, 4.69) is 0 Å². The van der Waals surface area contributed by atoms with E-state index in [4.69, 9.17) is 51.9 Å². The topological polar surface area (TPSA) is 229 Å². The number of hydrogen-bond donors (Lipinski definition) is 0. The van der Waals surface area contributed by atoms with Crippen LogP contribution in [0.15, 0.2) is 0 Å². The van der Waals surface area contributed by atoms with Crippen molar-refractivity contribution >= 4 is 40.5 Å². The van der Waals surface area contributed by atoms with Gasteiger partial charge in [0.15, 0.2) is 40.5 Å². The minimum absolute atomic E-state index is 0. The van der Waals surface area contributed by atoms with Crippen LogP contribution in [0.4, 0.5) is 52.7 Å². The van der Waals surface area contributed by atoms with Gasteiger partial charge in [0.1, 0.15) is 0 Å². The summed E-state index contributed by atoms with van der Waals surface area (Å²) in [5, 5.41) is 0. The van der Waals surface area contributed by atoms with Gasteiger partial charge in [-0.15, -0.1) is 0 Å². The van der Waals surface area contributed by atoms with Gasteiger partial charge >= 0.3 is 56.2 Å². The van der Waals surface area contributed by atoms with E-state index in [1.165, 1.54) is 0 Å². The van der Waals surface area contributed by atoms with Crippen LogP contribution in [-0.4, -0.2) is 73.9 Å². The van der Waals surface area contributed by atoms with Crippen molar-refractivity contribution in [1.29, 1.82) is 0 Å². The summed E-state index contributed by atoms with van der Waals surface area (Å²) in [6.45, 7) is 0. The molecule has 0 aromatic carbocycles. The third kappa shape index (κ3) is 23.6. The summed E-state index contributed by atoms with van der Waals surface area (Å²) in [6.07, 6.45) is 0. The molecule has 0 radical (unpaired) electrons. The first-order valence-electron chi connectivity index (χ1n) is 5.08. The van der Waals surface area contributed by atoms with Crippen LogP contribution in [0.3, 0.4) is 0 Å². The van der Waals surface area contributed by atoms with Crippen molar-refractivity contribution in [3.05, 3.63) is 0 Å². The average Bonchev–Trinajstić information content (AvgIpc) is 2.30. The number of rotatable bonds is 0. The van der Waals surface area contributed by atoms with Gasteiger partial charge in [0.25, 0.3) is 0 Å². The smallest absolute Gasteiger partial charge is 0.741 e. The summed E-state index contributed by atoms with van der Waals surface area (Å²) in [5.41, 5.74) is -22.6. The largest absolute Gasteiger partial charge is 2.00 e. The zero-order valence-corrected chi connectivity index (χ0v) is 19.2. The van der Waals surface area contributed by atoms with Crippen molar-refractivity contribution in [2.45, 2.75) is 22.0 Å². The Hall–Kier alpha value is -0.161. The molecule has 0 saturated carbocycles. The molecule has 30 heteroatoms. The van der Waals surface area contributed by atoms with E-state index < -0.39 is 62.5 Å². The Balaban J connectivity index is -0.0000000754. The van der Waals surface area contributed by atoms with E-state index in [-0.39, 0.29) is 34.1 Å². The van der Waals surface area contributed by atoms with Crippen LogP contribution in [0.25, 0.3) is 0 Å². The van der Waals surface area contributed by atoms with Crippen LogP contribution in [0.5, 0.6) is 0 Å². The van der Waals surface area contributed by atoms with E-state index in [0.717, 1.165) is 0 Å². The maximum atomic E-state index is 10.7. The maximum Gasteiger partial charge on any atom is 2.00 e. The van der Waals surface area contributed by atoms with Gasteiger partial charge in [-0.3, -0.25) is 0 Å². The molecule has 0 aromatic heterocycles. The molecule has 12 nitrogen and oxygen atoms in total. The van der Waals surface area contributed by atoms with E-state index in [1.807, 2.05) is 0 Å². The van der Waals surface area contributed by atoms with E-state index >= 15 is 0 Å². The number of alkyl halides is 12. The fourth-order valence-electron chi connectivity index (χ4n) is 0. The van der Waals surface area contributed by atoms with Crippen LogP contribution in [-0.2, 0) is 74.6 Å². The second kappa shape index (κ2) is 14.5. The van der Waals surface area contributed by atoms with Gasteiger partial charge in [-0.25, -0.2) is 33.7 Å². The van der Waals surface area contributed by atoms with Crippen LogP contribution in [0, 0.1) is 0 Å². The molecule has 0 heterocycles.